The van der Waals surface area contributed by atoms with Gasteiger partial charge in [0.05, 0.1) is 0 Å². The fourth-order valence-electron chi connectivity index (χ4n) is 1.50. The minimum Gasteiger partial charge on any atom is -0.281 e. The van der Waals surface area contributed by atoms with Crippen molar-refractivity contribution in [1.29, 1.82) is 0 Å². The van der Waals surface area contributed by atoms with Crippen molar-refractivity contribution in [2.75, 3.05) is 0 Å². The van der Waals surface area contributed by atoms with Crippen LogP contribution in [0.15, 0.2) is 42.5 Å². The van der Waals surface area contributed by atoms with Crippen molar-refractivity contribution in [3.8, 4) is 0 Å². The van der Waals surface area contributed by atoms with Gasteiger partial charge in [0, 0.05) is 28.2 Å². The Kier molecular flexibility index (Phi) is 2.92. The molecule has 0 atom stereocenters. The Morgan fingerprint density at radius 2 is 1.69 bits per heavy atom. The molecular weight excluding hydrogens is 325 g/mol. The highest BCUT2D eigenvalue weighted by Crippen LogP contribution is 2.33. The standard InChI is InChI=1S/C12H7F2IO/c13-12(14,11(15)16)10-6-5-8-3-1-2-4-9(8)7-10/h1-7H. The molecule has 0 bridgehead atoms. The lowest BCUT2D eigenvalue weighted by atomic mass is 10.0. The van der Waals surface area contributed by atoms with Gasteiger partial charge in [-0.3, -0.25) is 4.79 Å². The van der Waals surface area contributed by atoms with E-state index in [-0.39, 0.29) is 5.56 Å². The van der Waals surface area contributed by atoms with Crippen molar-refractivity contribution >= 4 is 37.2 Å². The lowest BCUT2D eigenvalue weighted by Crippen LogP contribution is -2.20. The van der Waals surface area contributed by atoms with Gasteiger partial charge in [-0.1, -0.05) is 36.4 Å². The zero-order chi connectivity index (χ0) is 11.8. The number of rotatable bonds is 2. The molecule has 0 heterocycles. The van der Waals surface area contributed by atoms with Crippen LogP contribution in [0.1, 0.15) is 5.56 Å². The Hall–Kier alpha value is -1.04. The predicted molar refractivity (Wildman–Crippen MR) is 66.9 cm³/mol. The van der Waals surface area contributed by atoms with Crippen LogP contribution in [-0.4, -0.2) is 3.79 Å². The van der Waals surface area contributed by atoms with Crippen LogP contribution in [-0.2, 0) is 10.7 Å². The van der Waals surface area contributed by atoms with E-state index in [1.807, 2.05) is 12.1 Å². The number of hydrogen-bond acceptors (Lipinski definition) is 1. The average molecular weight is 332 g/mol. The largest absolute Gasteiger partial charge is 0.340 e. The van der Waals surface area contributed by atoms with Crippen LogP contribution in [0.4, 0.5) is 8.78 Å². The molecule has 0 amide bonds. The molecule has 4 heteroatoms. The van der Waals surface area contributed by atoms with Crippen LogP contribution in [0.2, 0.25) is 0 Å². The van der Waals surface area contributed by atoms with Gasteiger partial charge in [0.15, 0.2) is 0 Å². The third-order valence-corrected chi connectivity index (χ3v) is 3.04. The molecule has 0 aliphatic heterocycles. The van der Waals surface area contributed by atoms with Crippen molar-refractivity contribution in [1.82, 2.24) is 0 Å². The van der Waals surface area contributed by atoms with E-state index < -0.39 is 9.71 Å². The number of hydrogen-bond donors (Lipinski definition) is 0. The Bertz CT molecular complexity index is 551. The molecule has 0 unspecified atom stereocenters. The van der Waals surface area contributed by atoms with Gasteiger partial charge in [-0.25, -0.2) is 0 Å². The van der Waals surface area contributed by atoms with Crippen molar-refractivity contribution in [3.05, 3.63) is 48.0 Å². The van der Waals surface area contributed by atoms with Crippen LogP contribution < -0.4 is 0 Å². The van der Waals surface area contributed by atoms with Gasteiger partial charge in [0.1, 0.15) is 0 Å². The van der Waals surface area contributed by atoms with Gasteiger partial charge in [-0.2, -0.15) is 8.78 Å². The van der Waals surface area contributed by atoms with Crippen molar-refractivity contribution in [2.24, 2.45) is 0 Å². The van der Waals surface area contributed by atoms with E-state index in [0.717, 1.165) is 28.0 Å². The summed E-state index contributed by atoms with van der Waals surface area (Å²) in [4.78, 5) is 10.8. The molecule has 82 valence electrons. The van der Waals surface area contributed by atoms with E-state index in [9.17, 15) is 13.6 Å². The first-order valence-electron chi connectivity index (χ1n) is 4.59. The highest BCUT2D eigenvalue weighted by Gasteiger charge is 2.38. The molecule has 0 saturated carbocycles. The van der Waals surface area contributed by atoms with E-state index in [4.69, 9.17) is 0 Å². The SMILES string of the molecule is O=C(I)C(F)(F)c1ccc2ccccc2c1. The van der Waals surface area contributed by atoms with Crippen molar-refractivity contribution in [2.45, 2.75) is 5.92 Å². The summed E-state index contributed by atoms with van der Waals surface area (Å²) in [5, 5.41) is 1.58. The molecule has 0 aromatic heterocycles. The second kappa shape index (κ2) is 4.08. The number of alkyl halides is 2. The fraction of sp³-hybridized carbons (Fsp3) is 0.0833. The van der Waals surface area contributed by atoms with E-state index >= 15 is 0 Å². The summed E-state index contributed by atoms with van der Waals surface area (Å²) in [5.74, 6) is -3.41. The maximum Gasteiger partial charge on any atom is 0.340 e. The average Bonchev–Trinajstić information content (AvgIpc) is 2.28. The third-order valence-electron chi connectivity index (χ3n) is 2.36. The number of carbonyl (C=O) groups excluding carboxylic acids is 1. The Morgan fingerprint density at radius 3 is 2.31 bits per heavy atom. The fourth-order valence-corrected chi connectivity index (χ4v) is 1.81. The van der Waals surface area contributed by atoms with E-state index in [1.54, 1.807) is 18.2 Å². The Morgan fingerprint density at radius 1 is 1.06 bits per heavy atom. The lowest BCUT2D eigenvalue weighted by Gasteiger charge is -2.12. The smallest absolute Gasteiger partial charge is 0.281 e. The van der Waals surface area contributed by atoms with Gasteiger partial charge in [-0.05, 0) is 16.8 Å². The second-order valence-electron chi connectivity index (χ2n) is 3.41. The number of carbonyl (C=O) groups is 1. The quantitative estimate of drug-likeness (QED) is 0.602. The summed E-state index contributed by atoms with van der Waals surface area (Å²) in [6.07, 6.45) is 0. The summed E-state index contributed by atoms with van der Waals surface area (Å²) in [6, 6.07) is 11.4. The summed E-state index contributed by atoms with van der Waals surface area (Å²) < 4.78 is 25.7. The van der Waals surface area contributed by atoms with Crippen molar-refractivity contribution < 1.29 is 13.6 Å². The molecule has 0 aliphatic carbocycles. The molecule has 0 aliphatic rings. The first-order valence-corrected chi connectivity index (χ1v) is 5.67. The van der Waals surface area contributed by atoms with E-state index in [1.165, 1.54) is 12.1 Å². The van der Waals surface area contributed by atoms with E-state index in [2.05, 4.69) is 0 Å². The maximum atomic E-state index is 13.4. The molecular formula is C12H7F2IO. The van der Waals surface area contributed by atoms with Gasteiger partial charge in [0.2, 0.25) is 0 Å². The predicted octanol–water partition coefficient (Wildman–Crippen LogP) is 3.89. The summed E-state index contributed by atoms with van der Waals surface area (Å²) in [7, 11) is 0. The van der Waals surface area contributed by atoms with Gasteiger partial charge >= 0.3 is 5.92 Å². The van der Waals surface area contributed by atoms with Crippen LogP contribution in [0, 0.1) is 0 Å². The molecule has 2 aromatic carbocycles. The molecule has 1 nitrogen and oxygen atoms in total. The number of fused-ring (bicyclic) bond motifs is 1. The normalized spacial score (nSPS) is 11.7. The number of halogens is 3. The zero-order valence-corrected chi connectivity index (χ0v) is 10.2. The minimum atomic E-state index is -3.41. The van der Waals surface area contributed by atoms with Crippen molar-refractivity contribution in [3.63, 3.8) is 0 Å². The Balaban J connectivity index is 2.59. The summed E-state index contributed by atoms with van der Waals surface area (Å²) in [6.45, 7) is 0. The van der Waals surface area contributed by atoms with Crippen LogP contribution in [0.3, 0.4) is 0 Å². The molecule has 0 saturated heterocycles. The monoisotopic (exact) mass is 332 g/mol. The molecule has 0 radical (unpaired) electrons. The maximum absolute atomic E-state index is 13.4. The van der Waals surface area contributed by atoms with Gasteiger partial charge < -0.3 is 0 Å². The zero-order valence-electron chi connectivity index (χ0n) is 8.08. The first kappa shape index (κ1) is 11.4. The molecule has 2 aromatic rings. The molecule has 2 rings (SSSR count). The highest BCUT2D eigenvalue weighted by molar-refractivity contribution is 14.1. The lowest BCUT2D eigenvalue weighted by molar-refractivity contribution is -0.132. The Labute approximate surface area is 105 Å². The second-order valence-corrected chi connectivity index (χ2v) is 4.39. The van der Waals surface area contributed by atoms with Gasteiger partial charge in [-0.15, -0.1) is 0 Å². The molecule has 0 N–H and O–H groups in total. The molecule has 0 fully saturated rings. The third kappa shape index (κ3) is 1.93. The van der Waals surface area contributed by atoms with Crippen LogP contribution >= 0.6 is 22.6 Å². The summed E-state index contributed by atoms with van der Waals surface area (Å²) in [5.41, 5.74) is -0.259. The number of benzene rings is 2. The van der Waals surface area contributed by atoms with Crippen LogP contribution in [0.5, 0.6) is 0 Å². The highest BCUT2D eigenvalue weighted by atomic mass is 127. The molecule has 0 spiro atoms. The minimum absolute atomic E-state index is 0.259. The van der Waals surface area contributed by atoms with Crippen LogP contribution in [0.25, 0.3) is 10.8 Å². The van der Waals surface area contributed by atoms with Gasteiger partial charge in [0.25, 0.3) is 3.79 Å². The topological polar surface area (TPSA) is 17.1 Å². The summed E-state index contributed by atoms with van der Waals surface area (Å²) >= 11 is 1.12. The first-order chi connectivity index (χ1) is 7.51. The molecule has 16 heavy (non-hydrogen) atoms. The van der Waals surface area contributed by atoms with E-state index in [0.29, 0.717) is 5.39 Å².